The van der Waals surface area contributed by atoms with Crippen LogP contribution in [0.25, 0.3) is 11.1 Å². The molecule has 0 saturated heterocycles. The Morgan fingerprint density at radius 3 is 2.78 bits per heavy atom. The average Bonchev–Trinajstić information content (AvgIpc) is 3.10. The van der Waals surface area contributed by atoms with Crippen LogP contribution in [-0.4, -0.2) is 16.5 Å². The molecule has 0 amide bonds. The highest BCUT2D eigenvalue weighted by atomic mass is 16.1. The summed E-state index contributed by atoms with van der Waals surface area (Å²) >= 11 is 0. The Kier molecular flexibility index (Phi) is 2.74. The van der Waals surface area contributed by atoms with Gasteiger partial charge in [0, 0.05) is 17.3 Å². The Hall–Kier alpha value is -1.90. The second kappa shape index (κ2) is 4.41. The number of rotatable bonds is 4. The van der Waals surface area contributed by atoms with Crippen molar-refractivity contribution in [3.8, 4) is 11.1 Å². The van der Waals surface area contributed by atoms with Gasteiger partial charge in [0.05, 0.1) is 6.20 Å². The molecular weight excluding hydrogens is 224 g/mol. The SMILES string of the molecule is CCc1cc(-c2cn[nH]c2)cc(C=O)c1C1CC1. The van der Waals surface area contributed by atoms with E-state index in [0.29, 0.717) is 5.92 Å². The van der Waals surface area contributed by atoms with Crippen molar-refractivity contribution >= 4 is 6.29 Å². The van der Waals surface area contributed by atoms with Crippen LogP contribution in [0.15, 0.2) is 24.5 Å². The normalized spacial score (nSPS) is 14.7. The number of aromatic amines is 1. The summed E-state index contributed by atoms with van der Waals surface area (Å²) in [6.45, 7) is 2.15. The maximum atomic E-state index is 11.3. The maximum Gasteiger partial charge on any atom is 0.150 e. The Morgan fingerprint density at radius 1 is 1.39 bits per heavy atom. The minimum atomic E-state index is 0.610. The molecule has 2 aromatic rings. The van der Waals surface area contributed by atoms with Gasteiger partial charge in [0.1, 0.15) is 6.29 Å². The van der Waals surface area contributed by atoms with Crippen molar-refractivity contribution in [1.82, 2.24) is 10.2 Å². The van der Waals surface area contributed by atoms with Crippen LogP contribution in [0, 0.1) is 0 Å². The number of hydrogen-bond donors (Lipinski definition) is 1. The summed E-state index contributed by atoms with van der Waals surface area (Å²) in [6, 6.07) is 4.19. The molecule has 0 unspecified atom stereocenters. The molecule has 0 aliphatic heterocycles. The smallest absolute Gasteiger partial charge is 0.150 e. The van der Waals surface area contributed by atoms with Crippen molar-refractivity contribution in [2.45, 2.75) is 32.1 Å². The van der Waals surface area contributed by atoms with E-state index in [0.717, 1.165) is 29.4 Å². The summed E-state index contributed by atoms with van der Waals surface area (Å²) in [5.41, 5.74) is 5.55. The number of carbonyl (C=O) groups excluding carboxylic acids is 1. The van der Waals surface area contributed by atoms with E-state index < -0.39 is 0 Å². The van der Waals surface area contributed by atoms with Crippen LogP contribution in [0.1, 0.15) is 47.2 Å². The quantitative estimate of drug-likeness (QED) is 0.833. The highest BCUT2D eigenvalue weighted by Gasteiger charge is 2.28. The predicted molar refractivity (Wildman–Crippen MR) is 70.8 cm³/mol. The lowest BCUT2D eigenvalue weighted by Gasteiger charge is -2.12. The van der Waals surface area contributed by atoms with E-state index in [2.05, 4.69) is 23.2 Å². The molecule has 1 N–H and O–H groups in total. The zero-order valence-electron chi connectivity index (χ0n) is 10.4. The average molecular weight is 240 g/mol. The summed E-state index contributed by atoms with van der Waals surface area (Å²) < 4.78 is 0. The van der Waals surface area contributed by atoms with Gasteiger partial charge in [-0.25, -0.2) is 0 Å². The molecule has 0 radical (unpaired) electrons. The van der Waals surface area contributed by atoms with Gasteiger partial charge in [0.25, 0.3) is 0 Å². The number of carbonyl (C=O) groups is 1. The first-order valence-corrected chi connectivity index (χ1v) is 6.44. The molecular formula is C15H16N2O. The van der Waals surface area contributed by atoms with E-state index in [1.807, 2.05) is 12.3 Å². The van der Waals surface area contributed by atoms with Crippen molar-refractivity contribution < 1.29 is 4.79 Å². The topological polar surface area (TPSA) is 45.8 Å². The van der Waals surface area contributed by atoms with Crippen molar-refractivity contribution in [1.29, 1.82) is 0 Å². The summed E-state index contributed by atoms with van der Waals surface area (Å²) in [7, 11) is 0. The summed E-state index contributed by atoms with van der Waals surface area (Å²) in [5, 5.41) is 6.78. The predicted octanol–water partition coefficient (Wildman–Crippen LogP) is 3.33. The Labute approximate surface area is 106 Å². The van der Waals surface area contributed by atoms with Crippen LogP contribution in [-0.2, 0) is 6.42 Å². The van der Waals surface area contributed by atoms with Crippen molar-refractivity contribution in [3.05, 3.63) is 41.2 Å². The van der Waals surface area contributed by atoms with E-state index in [4.69, 9.17) is 0 Å². The lowest BCUT2D eigenvalue weighted by atomic mass is 9.92. The van der Waals surface area contributed by atoms with Gasteiger partial charge in [0.15, 0.2) is 0 Å². The lowest BCUT2D eigenvalue weighted by Crippen LogP contribution is -1.98. The zero-order valence-corrected chi connectivity index (χ0v) is 10.4. The summed E-state index contributed by atoms with van der Waals surface area (Å²) in [4.78, 5) is 11.3. The molecule has 0 atom stereocenters. The van der Waals surface area contributed by atoms with Gasteiger partial charge in [-0.1, -0.05) is 13.0 Å². The highest BCUT2D eigenvalue weighted by molar-refractivity contribution is 5.82. The van der Waals surface area contributed by atoms with Crippen LogP contribution in [0.4, 0.5) is 0 Å². The molecule has 3 heteroatoms. The van der Waals surface area contributed by atoms with Crippen LogP contribution in [0.5, 0.6) is 0 Å². The molecule has 0 spiro atoms. The lowest BCUT2D eigenvalue weighted by molar-refractivity contribution is 0.112. The highest BCUT2D eigenvalue weighted by Crippen LogP contribution is 2.44. The van der Waals surface area contributed by atoms with Crippen molar-refractivity contribution in [3.63, 3.8) is 0 Å². The van der Waals surface area contributed by atoms with Gasteiger partial charge in [-0.3, -0.25) is 9.89 Å². The number of nitrogens with zero attached hydrogens (tertiary/aromatic N) is 1. The first-order chi connectivity index (χ1) is 8.83. The third-order valence-corrected chi connectivity index (χ3v) is 3.62. The molecule has 3 rings (SSSR count). The van der Waals surface area contributed by atoms with Crippen LogP contribution >= 0.6 is 0 Å². The number of nitrogens with one attached hydrogen (secondary N) is 1. The third kappa shape index (κ3) is 1.86. The van der Waals surface area contributed by atoms with Crippen molar-refractivity contribution in [2.24, 2.45) is 0 Å². The fourth-order valence-corrected chi connectivity index (χ4v) is 2.57. The molecule has 1 saturated carbocycles. The van der Waals surface area contributed by atoms with E-state index in [1.165, 1.54) is 24.0 Å². The van der Waals surface area contributed by atoms with E-state index in [9.17, 15) is 4.79 Å². The second-order valence-corrected chi connectivity index (χ2v) is 4.87. The molecule has 0 bridgehead atoms. The van der Waals surface area contributed by atoms with Gasteiger partial charge < -0.3 is 0 Å². The first kappa shape index (κ1) is 11.2. The monoisotopic (exact) mass is 240 g/mol. The van der Waals surface area contributed by atoms with Crippen LogP contribution in [0.2, 0.25) is 0 Å². The number of aromatic nitrogens is 2. The van der Waals surface area contributed by atoms with Gasteiger partial charge in [-0.05, 0) is 47.9 Å². The third-order valence-electron chi connectivity index (χ3n) is 3.62. The van der Waals surface area contributed by atoms with Gasteiger partial charge in [-0.15, -0.1) is 0 Å². The molecule has 18 heavy (non-hydrogen) atoms. The Bertz CT molecular complexity index is 568. The summed E-state index contributed by atoms with van der Waals surface area (Å²) in [6.07, 6.45) is 8.06. The minimum absolute atomic E-state index is 0.610. The Balaban J connectivity index is 2.16. The first-order valence-electron chi connectivity index (χ1n) is 6.44. The second-order valence-electron chi connectivity index (χ2n) is 4.87. The van der Waals surface area contributed by atoms with E-state index >= 15 is 0 Å². The largest absolute Gasteiger partial charge is 0.298 e. The molecule has 92 valence electrons. The Morgan fingerprint density at radius 2 is 2.22 bits per heavy atom. The summed E-state index contributed by atoms with van der Waals surface area (Å²) in [5.74, 6) is 0.610. The number of benzene rings is 1. The van der Waals surface area contributed by atoms with Crippen LogP contribution in [0.3, 0.4) is 0 Å². The van der Waals surface area contributed by atoms with E-state index in [1.54, 1.807) is 6.20 Å². The number of aldehydes is 1. The van der Waals surface area contributed by atoms with E-state index in [-0.39, 0.29) is 0 Å². The molecule has 1 aromatic carbocycles. The molecule has 3 nitrogen and oxygen atoms in total. The molecule has 1 aromatic heterocycles. The molecule has 1 fully saturated rings. The zero-order chi connectivity index (χ0) is 12.5. The minimum Gasteiger partial charge on any atom is -0.298 e. The standard InChI is InChI=1S/C15H16N2O/c1-2-10-5-12(14-7-16-17-8-14)6-13(9-18)15(10)11-3-4-11/h5-9,11H,2-4H2,1H3,(H,16,17). The fraction of sp³-hybridized carbons (Fsp3) is 0.333. The van der Waals surface area contributed by atoms with Gasteiger partial charge in [-0.2, -0.15) is 5.10 Å². The number of aryl methyl sites for hydroxylation is 1. The molecule has 1 heterocycles. The van der Waals surface area contributed by atoms with Gasteiger partial charge >= 0.3 is 0 Å². The fourth-order valence-electron chi connectivity index (χ4n) is 2.57. The number of H-pyrrole nitrogens is 1. The van der Waals surface area contributed by atoms with Crippen molar-refractivity contribution in [2.75, 3.05) is 0 Å². The van der Waals surface area contributed by atoms with Crippen LogP contribution < -0.4 is 0 Å². The maximum absolute atomic E-state index is 11.3. The molecule has 1 aliphatic rings. The van der Waals surface area contributed by atoms with Gasteiger partial charge in [0.2, 0.25) is 0 Å². The molecule has 1 aliphatic carbocycles. The number of hydrogen-bond acceptors (Lipinski definition) is 2.